The maximum absolute atomic E-state index is 13.0. The van der Waals surface area contributed by atoms with Crippen LogP contribution in [0.1, 0.15) is 33.6 Å². The molecule has 0 atom stereocenters. The van der Waals surface area contributed by atoms with Gasteiger partial charge in [-0.3, -0.25) is 9.59 Å². The normalized spacial score (nSPS) is 13.8. The zero-order chi connectivity index (χ0) is 30.2. The number of aromatic nitrogens is 4. The quantitative estimate of drug-likeness (QED) is 0.242. The smallest absolute Gasteiger partial charge is 0.255 e. The highest BCUT2D eigenvalue weighted by Crippen LogP contribution is 2.26. The Morgan fingerprint density at radius 3 is 2.14 bits per heavy atom. The molecular weight excluding hydrogens is 554 g/mol. The van der Waals surface area contributed by atoms with Crippen molar-refractivity contribution in [1.82, 2.24) is 19.1 Å². The van der Waals surface area contributed by atoms with Gasteiger partial charge in [0.2, 0.25) is 0 Å². The van der Waals surface area contributed by atoms with Gasteiger partial charge in [0, 0.05) is 59.9 Å². The van der Waals surface area contributed by atoms with Gasteiger partial charge in [-0.1, -0.05) is 0 Å². The maximum atomic E-state index is 13.0. The number of anilines is 3. The molecule has 7 rings (SSSR count). The molecule has 2 amide bonds. The van der Waals surface area contributed by atoms with Gasteiger partial charge in [-0.2, -0.15) is 0 Å². The van der Waals surface area contributed by atoms with Crippen molar-refractivity contribution < 1.29 is 14.7 Å². The number of nitrogens with zero attached hydrogens (tertiary/aromatic N) is 5. The van der Waals surface area contributed by atoms with Gasteiger partial charge in [-0.25, -0.2) is 9.97 Å². The number of rotatable bonds is 6. The second-order valence-corrected chi connectivity index (χ2v) is 11.1. The summed E-state index contributed by atoms with van der Waals surface area (Å²) in [6.45, 7) is 1.63. The third-order valence-corrected chi connectivity index (χ3v) is 8.15. The molecule has 0 spiro atoms. The molecule has 1 saturated heterocycles. The van der Waals surface area contributed by atoms with E-state index in [0.29, 0.717) is 28.1 Å². The molecule has 3 aromatic carbocycles. The van der Waals surface area contributed by atoms with Crippen molar-refractivity contribution in [2.45, 2.75) is 18.9 Å². The van der Waals surface area contributed by atoms with Crippen molar-refractivity contribution in [2.24, 2.45) is 7.05 Å². The highest BCUT2D eigenvalue weighted by molar-refractivity contribution is 6.06. The minimum Gasteiger partial charge on any atom is -0.393 e. The fourth-order valence-corrected chi connectivity index (χ4v) is 5.65. The van der Waals surface area contributed by atoms with Crippen LogP contribution in [0.3, 0.4) is 0 Å². The van der Waals surface area contributed by atoms with Crippen molar-refractivity contribution in [2.75, 3.05) is 28.6 Å². The number of hydrogen-bond donors (Lipinski definition) is 3. The molecule has 4 heterocycles. The van der Waals surface area contributed by atoms with Crippen LogP contribution in [0.5, 0.6) is 0 Å². The molecule has 1 aliphatic rings. The molecule has 0 saturated carbocycles. The van der Waals surface area contributed by atoms with Gasteiger partial charge < -0.3 is 29.8 Å². The van der Waals surface area contributed by atoms with Gasteiger partial charge in [0.05, 0.1) is 35.3 Å². The minimum atomic E-state index is -0.224. The van der Waals surface area contributed by atoms with E-state index in [1.807, 2.05) is 89.1 Å². The molecule has 0 bridgehead atoms. The third-order valence-electron chi connectivity index (χ3n) is 8.15. The van der Waals surface area contributed by atoms with Crippen molar-refractivity contribution in [3.63, 3.8) is 0 Å². The summed E-state index contributed by atoms with van der Waals surface area (Å²) in [6.07, 6.45) is 6.56. The average Bonchev–Trinajstić information content (AvgIpc) is 3.64. The largest absolute Gasteiger partial charge is 0.393 e. The molecule has 1 fully saturated rings. The van der Waals surface area contributed by atoms with E-state index in [1.54, 1.807) is 24.7 Å². The summed E-state index contributed by atoms with van der Waals surface area (Å²) in [4.78, 5) is 36.6. The first-order chi connectivity index (χ1) is 21.4. The molecule has 44 heavy (non-hydrogen) atoms. The maximum Gasteiger partial charge on any atom is 0.255 e. The van der Waals surface area contributed by atoms with Gasteiger partial charge in [0.25, 0.3) is 11.8 Å². The molecule has 220 valence electrons. The Balaban J connectivity index is 1.01. The number of hydrogen-bond acceptors (Lipinski definition) is 6. The lowest BCUT2D eigenvalue weighted by molar-refractivity contribution is 0.101. The Kier molecular flexibility index (Phi) is 7.03. The number of pyridine rings is 1. The Bertz CT molecular complexity index is 1990. The molecule has 0 unspecified atom stereocenters. The van der Waals surface area contributed by atoms with Crippen LogP contribution in [0.2, 0.25) is 0 Å². The van der Waals surface area contributed by atoms with E-state index in [-0.39, 0.29) is 17.9 Å². The molecule has 10 nitrogen and oxygen atoms in total. The topological polar surface area (TPSA) is 117 Å². The second-order valence-electron chi connectivity index (χ2n) is 11.1. The monoisotopic (exact) mass is 585 g/mol. The zero-order valence-corrected chi connectivity index (χ0v) is 24.1. The van der Waals surface area contributed by atoms with Crippen molar-refractivity contribution >= 4 is 50.9 Å². The number of aliphatic hydroxyl groups is 1. The number of amides is 2. The van der Waals surface area contributed by atoms with E-state index in [4.69, 9.17) is 0 Å². The highest BCUT2D eigenvalue weighted by Gasteiger charge is 2.18. The van der Waals surface area contributed by atoms with E-state index in [1.165, 1.54) is 0 Å². The molecule has 1 aliphatic heterocycles. The van der Waals surface area contributed by atoms with Crippen LogP contribution in [0.25, 0.3) is 27.8 Å². The van der Waals surface area contributed by atoms with E-state index < -0.39 is 0 Å². The fraction of sp³-hybridized carbons (Fsp3) is 0.176. The van der Waals surface area contributed by atoms with Crippen LogP contribution in [-0.4, -0.2) is 55.2 Å². The molecule has 0 aliphatic carbocycles. The first kappa shape index (κ1) is 27.4. The van der Waals surface area contributed by atoms with Crippen LogP contribution >= 0.6 is 0 Å². The number of nitrogens with one attached hydrogen (secondary N) is 2. The Morgan fingerprint density at radius 1 is 0.773 bits per heavy atom. The third kappa shape index (κ3) is 5.38. The number of imidazole rings is 1. The number of carbonyl (C=O) groups is 2. The standard InChI is InChI=1S/C34H31N7O3/c1-39-21-36-32-31(39)19-26(20-35-32)38-34(44)23-4-9-28(10-5-23)41-17-12-24-18-25(6-11-30(24)41)37-33(43)22-2-7-27(8-3-22)40-15-13-29(42)14-16-40/h2-12,17-21,29,42H,13-16H2,1H3,(H,37,43)(H,38,44). The summed E-state index contributed by atoms with van der Waals surface area (Å²) in [5.41, 5.74) is 6.84. The second kappa shape index (κ2) is 11.3. The van der Waals surface area contributed by atoms with Crippen LogP contribution in [0.4, 0.5) is 17.1 Å². The predicted octanol–water partition coefficient (Wildman–Crippen LogP) is 5.38. The molecule has 0 radical (unpaired) electrons. The number of benzene rings is 3. The van der Waals surface area contributed by atoms with Gasteiger partial charge in [0.15, 0.2) is 5.65 Å². The van der Waals surface area contributed by atoms with Crippen molar-refractivity contribution in [3.05, 3.63) is 109 Å². The molecule has 6 aromatic rings. The molecule has 3 aromatic heterocycles. The van der Waals surface area contributed by atoms with Crippen molar-refractivity contribution in [3.8, 4) is 5.69 Å². The number of carbonyl (C=O) groups excluding carboxylic acids is 2. The van der Waals surface area contributed by atoms with Gasteiger partial charge in [0.1, 0.15) is 0 Å². The number of aliphatic hydroxyl groups excluding tert-OH is 1. The summed E-state index contributed by atoms with van der Waals surface area (Å²) in [7, 11) is 1.88. The van der Waals surface area contributed by atoms with Crippen LogP contribution in [-0.2, 0) is 7.05 Å². The minimum absolute atomic E-state index is 0.172. The number of aryl methyl sites for hydroxylation is 1. The lowest BCUT2D eigenvalue weighted by atomic mass is 10.1. The van der Waals surface area contributed by atoms with Crippen LogP contribution < -0.4 is 15.5 Å². The Labute approximate surface area is 253 Å². The average molecular weight is 586 g/mol. The highest BCUT2D eigenvalue weighted by atomic mass is 16.3. The van der Waals surface area contributed by atoms with Crippen LogP contribution in [0.15, 0.2) is 97.6 Å². The first-order valence-electron chi connectivity index (χ1n) is 14.6. The predicted molar refractivity (Wildman–Crippen MR) is 172 cm³/mol. The summed E-state index contributed by atoms with van der Waals surface area (Å²) in [5.74, 6) is -0.395. The van der Waals surface area contributed by atoms with Gasteiger partial charge >= 0.3 is 0 Å². The summed E-state index contributed by atoms with van der Waals surface area (Å²) in [5, 5.41) is 16.6. The van der Waals surface area contributed by atoms with E-state index in [2.05, 4.69) is 25.5 Å². The fourth-order valence-electron chi connectivity index (χ4n) is 5.65. The zero-order valence-electron chi connectivity index (χ0n) is 24.1. The summed E-state index contributed by atoms with van der Waals surface area (Å²) < 4.78 is 3.90. The summed E-state index contributed by atoms with van der Waals surface area (Å²) in [6, 6.07) is 24.7. The van der Waals surface area contributed by atoms with Crippen molar-refractivity contribution in [1.29, 1.82) is 0 Å². The number of piperidine rings is 1. The Hall–Kier alpha value is -5.48. The SMILES string of the molecule is Cn1cnc2ncc(NC(=O)c3ccc(-n4ccc5cc(NC(=O)c6ccc(N7CCC(O)CC7)cc6)ccc54)cc3)cc21. The van der Waals surface area contributed by atoms with E-state index in [9.17, 15) is 14.7 Å². The lowest BCUT2D eigenvalue weighted by Crippen LogP contribution is -2.35. The molecule has 10 heteroatoms. The number of fused-ring (bicyclic) bond motifs is 2. The van der Waals surface area contributed by atoms with Gasteiger partial charge in [-0.05, 0) is 91.7 Å². The van der Waals surface area contributed by atoms with Crippen LogP contribution in [0, 0.1) is 0 Å². The molecular formula is C34H31N7O3. The molecule has 3 N–H and O–H groups in total. The van der Waals surface area contributed by atoms with E-state index in [0.717, 1.165) is 53.7 Å². The lowest BCUT2D eigenvalue weighted by Gasteiger charge is -2.31. The Morgan fingerprint density at radius 2 is 1.43 bits per heavy atom. The first-order valence-corrected chi connectivity index (χ1v) is 14.6. The van der Waals surface area contributed by atoms with E-state index >= 15 is 0 Å². The summed E-state index contributed by atoms with van der Waals surface area (Å²) >= 11 is 0. The van der Waals surface area contributed by atoms with Gasteiger partial charge in [-0.15, -0.1) is 0 Å².